The third-order valence-corrected chi connectivity index (χ3v) is 5.32. The molecule has 0 aliphatic rings. The first kappa shape index (κ1) is 17.0. The minimum Gasteiger partial charge on any atom is -0.497 e. The number of rotatable bonds is 6. The molecule has 9 nitrogen and oxygen atoms in total. The molecule has 0 fully saturated rings. The minimum absolute atomic E-state index is 0.0122. The second kappa shape index (κ2) is 6.72. The maximum atomic E-state index is 12.7. The summed E-state index contributed by atoms with van der Waals surface area (Å²) in [4.78, 5) is -0.0122. The molecule has 4 aromatic rings. The van der Waals surface area contributed by atoms with Crippen LogP contribution in [0.25, 0.3) is 11.0 Å². The normalized spacial score (nSPS) is 11.6. The van der Waals surface area contributed by atoms with E-state index in [0.717, 1.165) is 11.3 Å². The number of sulfonamides is 1. The van der Waals surface area contributed by atoms with E-state index in [9.17, 15) is 8.42 Å². The molecule has 1 N–H and O–H groups in total. The third-order valence-electron chi connectivity index (χ3n) is 3.90. The fourth-order valence-electron chi connectivity index (χ4n) is 2.67. The van der Waals surface area contributed by atoms with E-state index in [1.54, 1.807) is 30.1 Å². The SMILES string of the molecule is COc1cccc(Cn2cc(NS(=O)(=O)c3cccc4nonc34)cn2)c1. The second-order valence-corrected chi connectivity index (χ2v) is 7.42. The summed E-state index contributed by atoms with van der Waals surface area (Å²) in [6.07, 6.45) is 3.05. The van der Waals surface area contributed by atoms with E-state index < -0.39 is 10.0 Å². The maximum absolute atomic E-state index is 12.7. The number of hydrogen-bond acceptors (Lipinski definition) is 7. The van der Waals surface area contributed by atoms with Gasteiger partial charge >= 0.3 is 0 Å². The van der Waals surface area contributed by atoms with Crippen molar-refractivity contribution < 1.29 is 17.8 Å². The fourth-order valence-corrected chi connectivity index (χ4v) is 3.85. The number of ether oxygens (including phenoxy) is 1. The van der Waals surface area contributed by atoms with Crippen molar-refractivity contribution in [1.29, 1.82) is 0 Å². The van der Waals surface area contributed by atoms with Crippen molar-refractivity contribution in [2.24, 2.45) is 0 Å². The smallest absolute Gasteiger partial charge is 0.264 e. The molecule has 0 aliphatic carbocycles. The van der Waals surface area contributed by atoms with Crippen molar-refractivity contribution in [2.75, 3.05) is 11.8 Å². The molecule has 0 unspecified atom stereocenters. The van der Waals surface area contributed by atoms with Gasteiger partial charge in [0, 0.05) is 6.20 Å². The summed E-state index contributed by atoms with van der Waals surface area (Å²) in [6, 6.07) is 12.2. The summed E-state index contributed by atoms with van der Waals surface area (Å²) in [7, 11) is -2.26. The fraction of sp³-hybridized carbons (Fsp3) is 0.118. The lowest BCUT2D eigenvalue weighted by molar-refractivity contribution is 0.315. The summed E-state index contributed by atoms with van der Waals surface area (Å²) >= 11 is 0. The van der Waals surface area contributed by atoms with Crippen molar-refractivity contribution in [3.05, 3.63) is 60.4 Å². The van der Waals surface area contributed by atoms with Gasteiger partial charge in [0.15, 0.2) is 5.52 Å². The van der Waals surface area contributed by atoms with E-state index in [1.807, 2.05) is 24.3 Å². The molecule has 27 heavy (non-hydrogen) atoms. The standard InChI is InChI=1S/C17H15N5O4S/c1-25-14-5-2-4-12(8-14)10-22-11-13(9-18-22)21-27(23,24)16-7-3-6-15-17(16)20-26-19-15/h2-9,11,21H,10H2,1H3. The van der Waals surface area contributed by atoms with Gasteiger partial charge in [-0.1, -0.05) is 18.2 Å². The molecule has 0 amide bonds. The lowest BCUT2D eigenvalue weighted by Gasteiger charge is -2.06. The quantitative estimate of drug-likeness (QED) is 0.542. The minimum atomic E-state index is -3.87. The lowest BCUT2D eigenvalue weighted by Crippen LogP contribution is -2.13. The number of aromatic nitrogens is 4. The van der Waals surface area contributed by atoms with Gasteiger partial charge in [-0.15, -0.1) is 0 Å². The van der Waals surface area contributed by atoms with Gasteiger partial charge < -0.3 is 4.74 Å². The Morgan fingerprint density at radius 3 is 2.89 bits per heavy atom. The zero-order valence-electron chi connectivity index (χ0n) is 14.2. The highest BCUT2D eigenvalue weighted by Crippen LogP contribution is 2.22. The van der Waals surface area contributed by atoms with Gasteiger partial charge in [-0.3, -0.25) is 9.40 Å². The van der Waals surface area contributed by atoms with Crippen LogP contribution < -0.4 is 9.46 Å². The Morgan fingerprint density at radius 2 is 2.04 bits per heavy atom. The van der Waals surface area contributed by atoms with Crippen LogP contribution in [0.3, 0.4) is 0 Å². The summed E-state index contributed by atoms with van der Waals surface area (Å²) in [5.74, 6) is 0.745. The molecule has 4 rings (SSSR count). The van der Waals surface area contributed by atoms with Crippen LogP contribution >= 0.6 is 0 Å². The molecule has 0 atom stereocenters. The van der Waals surface area contributed by atoms with E-state index in [4.69, 9.17) is 4.74 Å². The van der Waals surface area contributed by atoms with Crippen molar-refractivity contribution in [2.45, 2.75) is 11.4 Å². The van der Waals surface area contributed by atoms with E-state index in [1.165, 1.54) is 12.3 Å². The molecule has 138 valence electrons. The van der Waals surface area contributed by atoms with E-state index in [2.05, 4.69) is 24.8 Å². The van der Waals surface area contributed by atoms with E-state index in [-0.39, 0.29) is 10.4 Å². The van der Waals surface area contributed by atoms with Crippen LogP contribution in [-0.4, -0.2) is 35.6 Å². The number of nitrogens with zero attached hydrogens (tertiary/aromatic N) is 4. The van der Waals surface area contributed by atoms with E-state index >= 15 is 0 Å². The summed E-state index contributed by atoms with van der Waals surface area (Å²) in [5, 5.41) is 11.5. The summed E-state index contributed by atoms with van der Waals surface area (Å²) in [5.41, 5.74) is 1.86. The molecular formula is C17H15N5O4S. The van der Waals surface area contributed by atoms with Crippen LogP contribution in [0.2, 0.25) is 0 Å². The summed E-state index contributed by atoms with van der Waals surface area (Å²) < 4.78 is 39.3. The highest BCUT2D eigenvalue weighted by molar-refractivity contribution is 7.93. The molecule has 0 bridgehead atoms. The number of methoxy groups -OCH3 is 1. The van der Waals surface area contributed by atoms with Crippen LogP contribution in [0.4, 0.5) is 5.69 Å². The summed E-state index contributed by atoms with van der Waals surface area (Å²) in [6.45, 7) is 0.474. The van der Waals surface area contributed by atoms with Crippen LogP contribution in [0, 0.1) is 0 Å². The number of fused-ring (bicyclic) bond motifs is 1. The van der Waals surface area contributed by atoms with Crippen LogP contribution in [-0.2, 0) is 16.6 Å². The molecule has 0 spiro atoms. The first-order valence-electron chi connectivity index (χ1n) is 7.95. The van der Waals surface area contributed by atoms with Crippen LogP contribution in [0.15, 0.2) is 64.4 Å². The van der Waals surface area contributed by atoms with Gasteiger partial charge in [-0.25, -0.2) is 13.0 Å². The van der Waals surface area contributed by atoms with Crippen LogP contribution in [0.5, 0.6) is 5.75 Å². The zero-order chi connectivity index (χ0) is 18.9. The number of nitrogens with one attached hydrogen (secondary N) is 1. The highest BCUT2D eigenvalue weighted by atomic mass is 32.2. The Labute approximate surface area is 154 Å². The third kappa shape index (κ3) is 3.47. The van der Waals surface area contributed by atoms with Crippen molar-refractivity contribution >= 4 is 26.7 Å². The monoisotopic (exact) mass is 385 g/mol. The average molecular weight is 385 g/mol. The number of hydrogen-bond donors (Lipinski definition) is 1. The predicted octanol–water partition coefficient (Wildman–Crippen LogP) is 2.28. The molecule has 0 saturated carbocycles. The molecule has 2 aromatic carbocycles. The Morgan fingerprint density at radius 1 is 1.19 bits per heavy atom. The average Bonchev–Trinajstić information content (AvgIpc) is 3.30. The van der Waals surface area contributed by atoms with Crippen molar-refractivity contribution in [3.63, 3.8) is 0 Å². The molecule has 0 aliphatic heterocycles. The first-order valence-corrected chi connectivity index (χ1v) is 9.43. The Bertz CT molecular complexity index is 1200. The van der Waals surface area contributed by atoms with Gasteiger partial charge in [0.1, 0.15) is 16.2 Å². The Balaban J connectivity index is 1.56. The highest BCUT2D eigenvalue weighted by Gasteiger charge is 2.21. The molecule has 0 radical (unpaired) electrons. The van der Waals surface area contributed by atoms with E-state index in [0.29, 0.717) is 17.7 Å². The Hall–Kier alpha value is -3.40. The van der Waals surface area contributed by atoms with Crippen LogP contribution in [0.1, 0.15) is 5.56 Å². The van der Waals surface area contributed by atoms with Gasteiger partial charge in [0.05, 0.1) is 25.5 Å². The second-order valence-electron chi connectivity index (χ2n) is 5.77. The largest absolute Gasteiger partial charge is 0.497 e. The van der Waals surface area contributed by atoms with Crippen molar-refractivity contribution in [3.8, 4) is 5.75 Å². The van der Waals surface area contributed by atoms with Gasteiger partial charge in [-0.05, 0) is 40.1 Å². The molecule has 10 heteroatoms. The molecular weight excluding hydrogens is 370 g/mol. The Kier molecular flexibility index (Phi) is 4.24. The van der Waals surface area contributed by atoms with Gasteiger partial charge in [0.2, 0.25) is 0 Å². The number of anilines is 1. The predicted molar refractivity (Wildman–Crippen MR) is 96.9 cm³/mol. The van der Waals surface area contributed by atoms with Crippen molar-refractivity contribution in [1.82, 2.24) is 20.1 Å². The van der Waals surface area contributed by atoms with Gasteiger partial charge in [0.25, 0.3) is 10.0 Å². The first-order chi connectivity index (χ1) is 13.0. The zero-order valence-corrected chi connectivity index (χ0v) is 15.0. The van der Waals surface area contributed by atoms with Gasteiger partial charge in [-0.2, -0.15) is 5.10 Å². The molecule has 2 heterocycles. The number of benzene rings is 2. The molecule has 0 saturated heterocycles. The molecule has 2 aromatic heterocycles. The lowest BCUT2D eigenvalue weighted by atomic mass is 10.2. The topological polar surface area (TPSA) is 112 Å². The maximum Gasteiger partial charge on any atom is 0.264 e.